The van der Waals surface area contributed by atoms with E-state index < -0.39 is 11.7 Å². The molecule has 0 aliphatic heterocycles. The number of halogens is 3. The third kappa shape index (κ3) is 4.50. The van der Waals surface area contributed by atoms with Crippen LogP contribution in [-0.4, -0.2) is 24.3 Å². The third-order valence-electron chi connectivity index (χ3n) is 5.52. The smallest absolute Gasteiger partial charge is 0.384 e. The first-order chi connectivity index (χ1) is 16.8. The first-order valence-electron chi connectivity index (χ1n) is 10.8. The van der Waals surface area contributed by atoms with Gasteiger partial charge >= 0.3 is 6.18 Å². The molecule has 0 bridgehead atoms. The second kappa shape index (κ2) is 8.71. The van der Waals surface area contributed by atoms with Crippen LogP contribution in [0.5, 0.6) is 0 Å². The van der Waals surface area contributed by atoms with Gasteiger partial charge in [-0.2, -0.15) is 18.2 Å². The van der Waals surface area contributed by atoms with Gasteiger partial charge in [-0.3, -0.25) is 4.40 Å². The predicted molar refractivity (Wildman–Crippen MR) is 127 cm³/mol. The van der Waals surface area contributed by atoms with Crippen molar-refractivity contribution in [2.75, 3.05) is 11.1 Å². The summed E-state index contributed by atoms with van der Waals surface area (Å²) in [5.41, 5.74) is 7.64. The number of benzene rings is 2. The number of hydrogen-bond donors (Lipinski definition) is 2. The molecule has 0 aliphatic carbocycles. The second-order valence-electron chi connectivity index (χ2n) is 7.95. The van der Waals surface area contributed by atoms with E-state index in [1.807, 2.05) is 37.3 Å². The Morgan fingerprint density at radius 2 is 1.74 bits per heavy atom. The molecule has 0 fully saturated rings. The quantitative estimate of drug-likeness (QED) is 0.342. The number of anilines is 2. The zero-order valence-corrected chi connectivity index (χ0v) is 18.5. The van der Waals surface area contributed by atoms with Gasteiger partial charge in [0.15, 0.2) is 0 Å². The highest BCUT2D eigenvalue weighted by atomic mass is 19.4. The van der Waals surface area contributed by atoms with E-state index in [0.29, 0.717) is 23.0 Å². The van der Waals surface area contributed by atoms with Gasteiger partial charge in [0, 0.05) is 18.0 Å². The molecule has 0 spiro atoms. The van der Waals surface area contributed by atoms with Crippen LogP contribution in [0, 0.1) is 0 Å². The first kappa shape index (κ1) is 22.3. The summed E-state index contributed by atoms with van der Waals surface area (Å²) in [7, 11) is 0. The molecule has 0 aliphatic rings. The van der Waals surface area contributed by atoms with Crippen LogP contribution in [0.25, 0.3) is 28.4 Å². The van der Waals surface area contributed by atoms with Gasteiger partial charge in [-0.15, -0.1) is 0 Å². The van der Waals surface area contributed by atoms with Crippen LogP contribution < -0.4 is 11.1 Å². The summed E-state index contributed by atoms with van der Waals surface area (Å²) in [6.45, 7) is 1.99. The van der Waals surface area contributed by atoms with Crippen LogP contribution in [0.4, 0.5) is 24.9 Å². The third-order valence-corrected chi connectivity index (χ3v) is 5.52. The standard InChI is InChI=1S/C25H20F3N7/c1-15(16-6-3-2-4-7-16)31-23-30-12-10-19(32-23)22-21(34-24-33-20(29)11-13-35(22)24)17-8-5-9-18(14-17)25(26,27)28/h2-15H,1H3,(H2,29,33,34)(H,30,31,32). The minimum absolute atomic E-state index is 0.0713. The number of nitrogens with zero attached hydrogens (tertiary/aromatic N) is 5. The first-order valence-corrected chi connectivity index (χ1v) is 10.8. The van der Waals surface area contributed by atoms with Gasteiger partial charge in [-0.25, -0.2) is 15.0 Å². The topological polar surface area (TPSA) is 94.0 Å². The van der Waals surface area contributed by atoms with Gasteiger partial charge in [0.25, 0.3) is 0 Å². The van der Waals surface area contributed by atoms with E-state index in [0.717, 1.165) is 17.7 Å². The highest BCUT2D eigenvalue weighted by Gasteiger charge is 2.31. The number of aromatic nitrogens is 5. The van der Waals surface area contributed by atoms with Crippen molar-refractivity contribution in [3.8, 4) is 22.6 Å². The minimum Gasteiger partial charge on any atom is -0.384 e. The van der Waals surface area contributed by atoms with Gasteiger partial charge in [-0.1, -0.05) is 42.5 Å². The van der Waals surface area contributed by atoms with Crippen molar-refractivity contribution in [3.63, 3.8) is 0 Å². The summed E-state index contributed by atoms with van der Waals surface area (Å²) in [6.07, 6.45) is -1.24. The van der Waals surface area contributed by atoms with Gasteiger partial charge in [0.05, 0.1) is 17.3 Å². The lowest BCUT2D eigenvalue weighted by Crippen LogP contribution is -2.09. The maximum atomic E-state index is 13.4. The monoisotopic (exact) mass is 475 g/mol. The lowest BCUT2D eigenvalue weighted by molar-refractivity contribution is -0.137. The lowest BCUT2D eigenvalue weighted by atomic mass is 10.0. The molecule has 176 valence electrons. The molecule has 3 aromatic heterocycles. The van der Waals surface area contributed by atoms with E-state index in [2.05, 4.69) is 25.3 Å². The highest BCUT2D eigenvalue weighted by molar-refractivity contribution is 5.80. The average Bonchev–Trinajstić information content (AvgIpc) is 3.23. The number of nitrogens with two attached hydrogens (primary N) is 1. The summed E-state index contributed by atoms with van der Waals surface area (Å²) in [6, 6.07) is 18.0. The van der Waals surface area contributed by atoms with E-state index in [9.17, 15) is 13.2 Å². The van der Waals surface area contributed by atoms with E-state index in [-0.39, 0.29) is 23.2 Å². The molecular formula is C25H20F3N7. The molecule has 1 unspecified atom stereocenters. The molecule has 0 saturated carbocycles. The number of fused-ring (bicyclic) bond motifs is 1. The van der Waals surface area contributed by atoms with Crippen molar-refractivity contribution in [2.24, 2.45) is 0 Å². The van der Waals surface area contributed by atoms with Crippen LogP contribution >= 0.6 is 0 Å². The SMILES string of the molecule is CC(Nc1nccc(-c2c(-c3cccc(C(F)(F)F)c3)nc3nc(N)ccn23)n1)c1ccccc1. The summed E-state index contributed by atoms with van der Waals surface area (Å²) >= 11 is 0. The zero-order chi connectivity index (χ0) is 24.6. The van der Waals surface area contributed by atoms with E-state index in [1.165, 1.54) is 6.07 Å². The van der Waals surface area contributed by atoms with Gasteiger partial charge in [-0.05, 0) is 36.8 Å². The zero-order valence-electron chi connectivity index (χ0n) is 18.5. The van der Waals surface area contributed by atoms with Crippen LogP contribution in [-0.2, 0) is 6.18 Å². The highest BCUT2D eigenvalue weighted by Crippen LogP contribution is 2.36. The van der Waals surface area contributed by atoms with Gasteiger partial charge in [0.1, 0.15) is 17.2 Å². The second-order valence-corrected chi connectivity index (χ2v) is 7.95. The molecule has 1 atom stereocenters. The molecule has 35 heavy (non-hydrogen) atoms. The normalized spacial score (nSPS) is 12.6. The Labute approximate surface area is 198 Å². The molecule has 0 radical (unpaired) electrons. The summed E-state index contributed by atoms with van der Waals surface area (Å²) in [4.78, 5) is 17.7. The number of alkyl halides is 3. The van der Waals surface area contributed by atoms with Crippen LogP contribution in [0.1, 0.15) is 24.1 Å². The fraction of sp³-hybridized carbons (Fsp3) is 0.120. The van der Waals surface area contributed by atoms with E-state index in [4.69, 9.17) is 5.73 Å². The fourth-order valence-electron chi connectivity index (χ4n) is 3.81. The molecule has 10 heteroatoms. The van der Waals surface area contributed by atoms with Crippen LogP contribution in [0.3, 0.4) is 0 Å². The molecule has 3 heterocycles. The molecule has 2 aromatic carbocycles. The van der Waals surface area contributed by atoms with Gasteiger partial charge in [0.2, 0.25) is 11.7 Å². The van der Waals surface area contributed by atoms with Crippen molar-refractivity contribution >= 4 is 17.5 Å². The van der Waals surface area contributed by atoms with Crippen molar-refractivity contribution < 1.29 is 13.2 Å². The molecule has 3 N–H and O–H groups in total. The molecular weight excluding hydrogens is 455 g/mol. The molecule has 0 saturated heterocycles. The van der Waals surface area contributed by atoms with Crippen LogP contribution in [0.15, 0.2) is 79.1 Å². The average molecular weight is 475 g/mol. The number of nitrogen functional groups attached to an aromatic ring is 1. The Balaban J connectivity index is 1.62. The van der Waals surface area contributed by atoms with Crippen molar-refractivity contribution in [2.45, 2.75) is 19.1 Å². The maximum absolute atomic E-state index is 13.4. The molecule has 5 aromatic rings. The van der Waals surface area contributed by atoms with Crippen LogP contribution in [0.2, 0.25) is 0 Å². The number of rotatable bonds is 5. The van der Waals surface area contributed by atoms with Gasteiger partial charge < -0.3 is 11.1 Å². The summed E-state index contributed by atoms with van der Waals surface area (Å²) in [5, 5.41) is 3.27. The fourth-order valence-corrected chi connectivity index (χ4v) is 3.81. The summed E-state index contributed by atoms with van der Waals surface area (Å²) < 4.78 is 41.8. The van der Waals surface area contributed by atoms with Crippen molar-refractivity contribution in [3.05, 3.63) is 90.3 Å². The Morgan fingerprint density at radius 1 is 0.943 bits per heavy atom. The minimum atomic E-state index is -4.49. The Kier molecular flexibility index (Phi) is 5.56. The molecule has 5 rings (SSSR count). The lowest BCUT2D eigenvalue weighted by Gasteiger charge is -2.15. The summed E-state index contributed by atoms with van der Waals surface area (Å²) in [5.74, 6) is 0.858. The Hall–Kier alpha value is -4.47. The largest absolute Gasteiger partial charge is 0.416 e. The Bertz CT molecular complexity index is 1500. The number of hydrogen-bond acceptors (Lipinski definition) is 6. The van der Waals surface area contributed by atoms with E-state index >= 15 is 0 Å². The van der Waals surface area contributed by atoms with E-state index in [1.54, 1.807) is 35.0 Å². The predicted octanol–water partition coefficient (Wildman–Crippen LogP) is 5.63. The number of imidazole rings is 1. The Morgan fingerprint density at radius 3 is 2.51 bits per heavy atom. The number of nitrogens with one attached hydrogen (secondary N) is 1. The molecule has 7 nitrogen and oxygen atoms in total. The van der Waals surface area contributed by atoms with Crippen molar-refractivity contribution in [1.29, 1.82) is 0 Å². The maximum Gasteiger partial charge on any atom is 0.416 e. The molecule has 0 amide bonds. The van der Waals surface area contributed by atoms with Crippen molar-refractivity contribution in [1.82, 2.24) is 24.3 Å².